The third-order valence-corrected chi connectivity index (χ3v) is 4.54. The van der Waals surface area contributed by atoms with Crippen LogP contribution in [0.4, 0.5) is 10.2 Å². The summed E-state index contributed by atoms with van der Waals surface area (Å²) in [6.07, 6.45) is 0.973. The van der Waals surface area contributed by atoms with Crippen molar-refractivity contribution in [1.29, 1.82) is 0 Å². The molecule has 0 saturated heterocycles. The van der Waals surface area contributed by atoms with E-state index in [1.807, 2.05) is 18.2 Å². The molecule has 5 heteroatoms. The van der Waals surface area contributed by atoms with Crippen molar-refractivity contribution in [3.05, 3.63) is 71.5 Å². The van der Waals surface area contributed by atoms with Crippen molar-refractivity contribution in [2.75, 3.05) is 18.6 Å². The number of ether oxygens (including phenoxy) is 1. The highest BCUT2D eigenvalue weighted by atomic mass is 19.1. The molecule has 2 heterocycles. The number of hydrogen-bond acceptors (Lipinski definition) is 4. The van der Waals surface area contributed by atoms with Crippen LogP contribution in [-0.2, 0) is 13.0 Å². The molecule has 3 aromatic rings. The monoisotopic (exact) mass is 335 g/mol. The summed E-state index contributed by atoms with van der Waals surface area (Å²) < 4.78 is 18.4. The normalized spacial score (nSPS) is 13.4. The maximum atomic E-state index is 13.0. The summed E-state index contributed by atoms with van der Waals surface area (Å²) in [5, 5.41) is 8.67. The van der Waals surface area contributed by atoms with E-state index in [9.17, 15) is 4.39 Å². The van der Waals surface area contributed by atoms with Crippen LogP contribution >= 0.6 is 0 Å². The van der Waals surface area contributed by atoms with Gasteiger partial charge in [-0.3, -0.25) is 0 Å². The second-order valence-electron chi connectivity index (χ2n) is 6.09. The molecule has 0 spiro atoms. The molecule has 0 fully saturated rings. The molecule has 0 radical (unpaired) electrons. The molecule has 25 heavy (non-hydrogen) atoms. The molecular formula is C20H18FN3O. The molecule has 0 atom stereocenters. The van der Waals surface area contributed by atoms with E-state index in [0.717, 1.165) is 42.3 Å². The molecule has 1 aliphatic heterocycles. The Morgan fingerprint density at radius 3 is 2.52 bits per heavy atom. The van der Waals surface area contributed by atoms with Gasteiger partial charge in [-0.1, -0.05) is 6.07 Å². The van der Waals surface area contributed by atoms with Gasteiger partial charge in [-0.25, -0.2) is 4.39 Å². The Morgan fingerprint density at radius 1 is 0.960 bits per heavy atom. The number of fused-ring (bicyclic) bond motifs is 1. The van der Waals surface area contributed by atoms with Gasteiger partial charge in [0.25, 0.3) is 0 Å². The van der Waals surface area contributed by atoms with Crippen molar-refractivity contribution in [2.45, 2.75) is 13.0 Å². The minimum Gasteiger partial charge on any atom is -0.497 e. The highest BCUT2D eigenvalue weighted by Crippen LogP contribution is 2.27. The Balaban J connectivity index is 1.55. The number of anilines is 1. The minimum absolute atomic E-state index is 0.254. The predicted octanol–water partition coefficient (Wildman–Crippen LogP) is 3.85. The smallest absolute Gasteiger partial charge is 0.151 e. The molecule has 1 aromatic heterocycles. The van der Waals surface area contributed by atoms with Gasteiger partial charge in [0.1, 0.15) is 11.6 Å². The summed E-state index contributed by atoms with van der Waals surface area (Å²) in [6.45, 7) is 1.70. The topological polar surface area (TPSA) is 38.2 Å². The highest BCUT2D eigenvalue weighted by molar-refractivity contribution is 5.59. The molecule has 0 N–H and O–H groups in total. The average molecular weight is 335 g/mol. The maximum Gasteiger partial charge on any atom is 0.151 e. The summed E-state index contributed by atoms with van der Waals surface area (Å²) >= 11 is 0. The van der Waals surface area contributed by atoms with Gasteiger partial charge in [0.2, 0.25) is 0 Å². The van der Waals surface area contributed by atoms with Crippen LogP contribution in [0.3, 0.4) is 0 Å². The summed E-state index contributed by atoms with van der Waals surface area (Å²) in [4.78, 5) is 2.21. The van der Waals surface area contributed by atoms with Gasteiger partial charge in [0.05, 0.1) is 12.8 Å². The molecule has 2 aromatic carbocycles. The van der Waals surface area contributed by atoms with Crippen LogP contribution in [0.5, 0.6) is 5.75 Å². The van der Waals surface area contributed by atoms with E-state index in [1.165, 1.54) is 23.3 Å². The van der Waals surface area contributed by atoms with Gasteiger partial charge in [-0.2, -0.15) is 0 Å². The number of halogens is 1. The van der Waals surface area contributed by atoms with E-state index in [0.29, 0.717) is 0 Å². The lowest BCUT2D eigenvalue weighted by Gasteiger charge is -2.29. The van der Waals surface area contributed by atoms with E-state index in [-0.39, 0.29) is 5.82 Å². The van der Waals surface area contributed by atoms with Crippen molar-refractivity contribution in [2.24, 2.45) is 0 Å². The van der Waals surface area contributed by atoms with E-state index in [2.05, 4.69) is 27.2 Å². The zero-order chi connectivity index (χ0) is 17.2. The quantitative estimate of drug-likeness (QED) is 0.729. The van der Waals surface area contributed by atoms with E-state index >= 15 is 0 Å². The van der Waals surface area contributed by atoms with Gasteiger partial charge in [0.15, 0.2) is 5.82 Å². The lowest BCUT2D eigenvalue weighted by molar-refractivity contribution is 0.413. The second-order valence-corrected chi connectivity index (χ2v) is 6.09. The Labute approximate surface area is 145 Å². The van der Waals surface area contributed by atoms with E-state index in [4.69, 9.17) is 4.74 Å². The van der Waals surface area contributed by atoms with Gasteiger partial charge < -0.3 is 9.64 Å². The van der Waals surface area contributed by atoms with Crippen LogP contribution in [0.2, 0.25) is 0 Å². The first-order valence-corrected chi connectivity index (χ1v) is 8.23. The lowest BCUT2D eigenvalue weighted by atomic mass is 9.99. The Bertz CT molecular complexity index is 878. The molecule has 0 unspecified atom stereocenters. The van der Waals surface area contributed by atoms with Crippen molar-refractivity contribution in [1.82, 2.24) is 10.2 Å². The fourth-order valence-corrected chi connectivity index (χ4v) is 3.12. The fourth-order valence-electron chi connectivity index (χ4n) is 3.12. The van der Waals surface area contributed by atoms with Crippen LogP contribution in [0.1, 0.15) is 11.1 Å². The van der Waals surface area contributed by atoms with E-state index < -0.39 is 0 Å². The minimum atomic E-state index is -0.254. The van der Waals surface area contributed by atoms with Crippen LogP contribution in [-0.4, -0.2) is 23.9 Å². The van der Waals surface area contributed by atoms with Crippen molar-refractivity contribution in [3.8, 4) is 17.0 Å². The number of benzene rings is 2. The summed E-state index contributed by atoms with van der Waals surface area (Å²) in [6, 6.07) is 16.4. The number of methoxy groups -OCH3 is 1. The summed E-state index contributed by atoms with van der Waals surface area (Å²) in [5.41, 5.74) is 4.21. The van der Waals surface area contributed by atoms with Gasteiger partial charge >= 0.3 is 0 Å². The van der Waals surface area contributed by atoms with Crippen LogP contribution in [0.15, 0.2) is 54.6 Å². The third-order valence-electron chi connectivity index (χ3n) is 4.54. The number of aromatic nitrogens is 2. The molecule has 4 nitrogen and oxygen atoms in total. The summed E-state index contributed by atoms with van der Waals surface area (Å²) in [7, 11) is 1.68. The van der Waals surface area contributed by atoms with Crippen molar-refractivity contribution >= 4 is 5.82 Å². The first-order valence-electron chi connectivity index (χ1n) is 8.23. The second kappa shape index (κ2) is 6.51. The van der Waals surface area contributed by atoms with Gasteiger partial charge in [0, 0.05) is 18.7 Å². The van der Waals surface area contributed by atoms with Crippen molar-refractivity contribution in [3.63, 3.8) is 0 Å². The molecule has 0 bridgehead atoms. The fraction of sp³-hybridized carbons (Fsp3) is 0.200. The molecular weight excluding hydrogens is 317 g/mol. The first kappa shape index (κ1) is 15.6. The average Bonchev–Trinajstić information content (AvgIpc) is 2.68. The maximum absolute atomic E-state index is 13.0. The van der Waals surface area contributed by atoms with Gasteiger partial charge in [-0.05, 0) is 66.1 Å². The number of nitrogens with zero attached hydrogens (tertiary/aromatic N) is 3. The summed E-state index contributed by atoms with van der Waals surface area (Å²) in [5.74, 6) is 1.47. The van der Waals surface area contributed by atoms with Crippen LogP contribution in [0, 0.1) is 5.82 Å². The number of rotatable bonds is 3. The predicted molar refractivity (Wildman–Crippen MR) is 95.2 cm³/mol. The van der Waals surface area contributed by atoms with Crippen LogP contribution in [0.25, 0.3) is 11.3 Å². The Hall–Kier alpha value is -2.95. The molecule has 0 saturated carbocycles. The zero-order valence-electron chi connectivity index (χ0n) is 13.9. The lowest BCUT2D eigenvalue weighted by Crippen LogP contribution is -2.31. The molecule has 0 aliphatic carbocycles. The molecule has 4 rings (SSSR count). The third kappa shape index (κ3) is 3.18. The molecule has 0 amide bonds. The Kier molecular flexibility index (Phi) is 4.06. The molecule has 126 valence electrons. The van der Waals surface area contributed by atoms with Gasteiger partial charge in [-0.15, -0.1) is 10.2 Å². The largest absolute Gasteiger partial charge is 0.497 e. The first-order chi connectivity index (χ1) is 12.2. The van der Waals surface area contributed by atoms with E-state index in [1.54, 1.807) is 19.2 Å². The SMILES string of the molecule is COc1ccc2c(c1)CN(c1ccc(-c3ccc(F)cc3)nn1)CC2. The number of hydrogen-bond donors (Lipinski definition) is 0. The zero-order valence-corrected chi connectivity index (χ0v) is 13.9. The standard InChI is InChI=1S/C20H18FN3O/c1-25-18-7-4-14-10-11-24(13-16(14)12-18)20-9-8-19(22-23-20)15-2-5-17(21)6-3-15/h2-9,12H,10-11,13H2,1H3. The van der Waals surface area contributed by atoms with Crippen LogP contribution < -0.4 is 9.64 Å². The molecule has 1 aliphatic rings. The van der Waals surface area contributed by atoms with Crippen molar-refractivity contribution < 1.29 is 9.13 Å². The highest BCUT2D eigenvalue weighted by Gasteiger charge is 2.18. The Morgan fingerprint density at radius 2 is 1.80 bits per heavy atom.